The van der Waals surface area contributed by atoms with E-state index in [0.29, 0.717) is 36.5 Å². The molecule has 1 aromatic carbocycles. The molecule has 1 saturated heterocycles. The number of hydrogen-bond acceptors (Lipinski definition) is 4. The van der Waals surface area contributed by atoms with Gasteiger partial charge in [-0.3, -0.25) is 9.59 Å². The normalized spacial score (nSPS) is 16.7. The molecule has 6 nitrogen and oxygen atoms in total. The summed E-state index contributed by atoms with van der Waals surface area (Å²) in [5.41, 5.74) is 6.65. The number of furan rings is 1. The fourth-order valence-electron chi connectivity index (χ4n) is 3.51. The number of benzene rings is 1. The van der Waals surface area contributed by atoms with E-state index in [1.54, 1.807) is 0 Å². The molecule has 0 radical (unpaired) electrons. The fraction of sp³-hybridized carbons (Fsp3) is 0.474. The number of primary amides is 1. The van der Waals surface area contributed by atoms with Gasteiger partial charge in [0.25, 0.3) is 5.91 Å². The van der Waals surface area contributed by atoms with E-state index in [1.807, 2.05) is 31.2 Å². The zero-order valence-corrected chi connectivity index (χ0v) is 14.4. The Morgan fingerprint density at radius 3 is 2.68 bits per heavy atom. The number of carbonyl (C=O) groups excluding carboxylic acids is 2. The van der Waals surface area contributed by atoms with Crippen molar-refractivity contribution in [2.75, 3.05) is 13.2 Å². The van der Waals surface area contributed by atoms with Crippen molar-refractivity contribution in [3.63, 3.8) is 0 Å². The zero-order chi connectivity index (χ0) is 17.8. The number of para-hydroxylation sites is 1. The number of hydrogen-bond donors (Lipinski definition) is 2. The summed E-state index contributed by atoms with van der Waals surface area (Å²) in [6.45, 7) is 3.24. The summed E-state index contributed by atoms with van der Waals surface area (Å²) in [6, 6.07) is 7.21. The van der Waals surface area contributed by atoms with Gasteiger partial charge < -0.3 is 20.2 Å². The average Bonchev–Trinajstić information content (AvgIpc) is 3.00. The Kier molecular flexibility index (Phi) is 5.38. The van der Waals surface area contributed by atoms with Crippen molar-refractivity contribution < 1.29 is 18.7 Å². The Morgan fingerprint density at radius 2 is 2.00 bits per heavy atom. The van der Waals surface area contributed by atoms with E-state index in [0.717, 1.165) is 18.2 Å². The highest BCUT2D eigenvalue weighted by atomic mass is 16.5. The summed E-state index contributed by atoms with van der Waals surface area (Å²) in [5.74, 6) is 0.223. The van der Waals surface area contributed by atoms with Gasteiger partial charge in [-0.2, -0.15) is 0 Å². The lowest BCUT2D eigenvalue weighted by molar-refractivity contribution is -0.118. The van der Waals surface area contributed by atoms with Crippen LogP contribution in [0.3, 0.4) is 0 Å². The van der Waals surface area contributed by atoms with E-state index in [2.05, 4.69) is 5.32 Å². The SMILES string of the molecule is CCc1oc2ccccc2c1C(=O)NC(CC(N)=O)C1CCOCC1. The van der Waals surface area contributed by atoms with Gasteiger partial charge in [-0.05, 0) is 24.8 Å². The number of nitrogens with one attached hydrogen (secondary N) is 1. The van der Waals surface area contributed by atoms with Crippen LogP contribution >= 0.6 is 0 Å². The number of fused-ring (bicyclic) bond motifs is 1. The molecule has 1 fully saturated rings. The van der Waals surface area contributed by atoms with Crippen molar-refractivity contribution in [1.82, 2.24) is 5.32 Å². The molecule has 2 aromatic rings. The Labute approximate surface area is 146 Å². The first-order valence-corrected chi connectivity index (χ1v) is 8.77. The van der Waals surface area contributed by atoms with Crippen LogP contribution in [0.1, 0.15) is 42.3 Å². The second-order valence-corrected chi connectivity index (χ2v) is 6.45. The van der Waals surface area contributed by atoms with E-state index in [1.165, 1.54) is 0 Å². The summed E-state index contributed by atoms with van der Waals surface area (Å²) in [4.78, 5) is 24.5. The predicted molar refractivity (Wildman–Crippen MR) is 94.2 cm³/mol. The van der Waals surface area contributed by atoms with E-state index < -0.39 is 5.91 Å². The third-order valence-electron chi connectivity index (χ3n) is 4.79. The van der Waals surface area contributed by atoms with Crippen molar-refractivity contribution in [2.24, 2.45) is 11.7 Å². The van der Waals surface area contributed by atoms with Gasteiger partial charge in [-0.15, -0.1) is 0 Å². The van der Waals surface area contributed by atoms with Crippen LogP contribution in [-0.2, 0) is 16.0 Å². The predicted octanol–water partition coefficient (Wildman–Crippen LogP) is 2.40. The van der Waals surface area contributed by atoms with Gasteiger partial charge in [0.15, 0.2) is 0 Å². The molecule has 1 aliphatic rings. The Morgan fingerprint density at radius 1 is 1.28 bits per heavy atom. The molecule has 134 valence electrons. The van der Waals surface area contributed by atoms with Gasteiger partial charge in [0.05, 0.1) is 5.56 Å². The average molecular weight is 344 g/mol. The molecule has 1 unspecified atom stereocenters. The first-order valence-electron chi connectivity index (χ1n) is 8.77. The molecule has 0 spiro atoms. The standard InChI is InChI=1S/C19H24N2O4/c1-2-15-18(13-5-3-4-6-16(13)25-15)19(23)21-14(11-17(20)22)12-7-9-24-10-8-12/h3-6,12,14H,2,7-11H2,1H3,(H2,20,22)(H,21,23). The molecular formula is C19H24N2O4. The lowest BCUT2D eigenvalue weighted by atomic mass is 9.89. The highest BCUT2D eigenvalue weighted by Crippen LogP contribution is 2.27. The maximum atomic E-state index is 13.0. The number of carbonyl (C=O) groups is 2. The maximum absolute atomic E-state index is 13.0. The molecule has 3 rings (SSSR count). The topological polar surface area (TPSA) is 94.6 Å². The molecule has 3 N–H and O–H groups in total. The number of rotatable bonds is 6. The van der Waals surface area contributed by atoms with Crippen molar-refractivity contribution in [1.29, 1.82) is 0 Å². The lowest BCUT2D eigenvalue weighted by Crippen LogP contribution is -2.44. The quantitative estimate of drug-likeness (QED) is 0.841. The van der Waals surface area contributed by atoms with Crippen LogP contribution in [0.25, 0.3) is 11.0 Å². The van der Waals surface area contributed by atoms with Crippen LogP contribution in [0.2, 0.25) is 0 Å². The Hall–Kier alpha value is -2.34. The van der Waals surface area contributed by atoms with Crippen LogP contribution in [-0.4, -0.2) is 31.1 Å². The Bertz CT molecular complexity index is 762. The van der Waals surface area contributed by atoms with E-state index in [-0.39, 0.29) is 24.3 Å². The molecule has 2 amide bonds. The number of ether oxygens (including phenoxy) is 1. The molecule has 1 atom stereocenters. The van der Waals surface area contributed by atoms with Crippen molar-refractivity contribution in [3.05, 3.63) is 35.6 Å². The molecule has 6 heteroatoms. The largest absolute Gasteiger partial charge is 0.460 e. The van der Waals surface area contributed by atoms with Gasteiger partial charge in [0.1, 0.15) is 11.3 Å². The number of amides is 2. The van der Waals surface area contributed by atoms with Crippen LogP contribution < -0.4 is 11.1 Å². The van der Waals surface area contributed by atoms with Crippen LogP contribution in [0.4, 0.5) is 0 Å². The van der Waals surface area contributed by atoms with Gasteiger partial charge in [-0.1, -0.05) is 25.1 Å². The minimum atomic E-state index is -0.412. The van der Waals surface area contributed by atoms with E-state index >= 15 is 0 Å². The molecule has 0 saturated carbocycles. The molecule has 1 aliphatic heterocycles. The van der Waals surface area contributed by atoms with Crippen LogP contribution in [0.5, 0.6) is 0 Å². The summed E-state index contributed by atoms with van der Waals surface area (Å²) in [7, 11) is 0. The number of aryl methyl sites for hydroxylation is 1. The van der Waals surface area contributed by atoms with Crippen molar-refractivity contribution in [3.8, 4) is 0 Å². The molecule has 25 heavy (non-hydrogen) atoms. The molecule has 2 heterocycles. The van der Waals surface area contributed by atoms with E-state index in [4.69, 9.17) is 14.9 Å². The molecule has 0 aliphatic carbocycles. The summed E-state index contributed by atoms with van der Waals surface area (Å²) in [5, 5.41) is 3.83. The Balaban J connectivity index is 1.87. The fourth-order valence-corrected chi connectivity index (χ4v) is 3.51. The summed E-state index contributed by atoms with van der Waals surface area (Å²) < 4.78 is 11.2. The third-order valence-corrected chi connectivity index (χ3v) is 4.79. The molecule has 0 bridgehead atoms. The zero-order valence-electron chi connectivity index (χ0n) is 14.4. The van der Waals surface area contributed by atoms with Gasteiger partial charge >= 0.3 is 0 Å². The third kappa shape index (κ3) is 3.85. The number of nitrogens with two attached hydrogens (primary N) is 1. The monoisotopic (exact) mass is 344 g/mol. The van der Waals surface area contributed by atoms with Gasteiger partial charge in [0.2, 0.25) is 5.91 Å². The van der Waals surface area contributed by atoms with Crippen LogP contribution in [0, 0.1) is 5.92 Å². The smallest absolute Gasteiger partial charge is 0.255 e. The van der Waals surface area contributed by atoms with Crippen molar-refractivity contribution >= 4 is 22.8 Å². The van der Waals surface area contributed by atoms with Gasteiger partial charge in [-0.25, -0.2) is 0 Å². The first-order chi connectivity index (χ1) is 12.1. The molecule has 1 aromatic heterocycles. The molecular weight excluding hydrogens is 320 g/mol. The minimum absolute atomic E-state index is 0.133. The highest BCUT2D eigenvalue weighted by molar-refractivity contribution is 6.07. The lowest BCUT2D eigenvalue weighted by Gasteiger charge is -2.30. The van der Waals surface area contributed by atoms with E-state index in [9.17, 15) is 9.59 Å². The maximum Gasteiger partial charge on any atom is 0.255 e. The highest BCUT2D eigenvalue weighted by Gasteiger charge is 2.29. The first kappa shape index (κ1) is 17.5. The summed E-state index contributed by atoms with van der Waals surface area (Å²) in [6.07, 6.45) is 2.37. The van der Waals surface area contributed by atoms with Crippen LogP contribution in [0.15, 0.2) is 28.7 Å². The second kappa shape index (κ2) is 7.70. The second-order valence-electron chi connectivity index (χ2n) is 6.45. The van der Waals surface area contributed by atoms with Crippen molar-refractivity contribution in [2.45, 2.75) is 38.6 Å². The summed E-state index contributed by atoms with van der Waals surface area (Å²) >= 11 is 0. The van der Waals surface area contributed by atoms with Gasteiger partial charge in [0, 0.05) is 37.5 Å². The minimum Gasteiger partial charge on any atom is -0.460 e.